The molecule has 0 spiro atoms. The zero-order valence-electron chi connectivity index (χ0n) is 14.3. The van der Waals surface area contributed by atoms with E-state index in [-0.39, 0.29) is 15.0 Å². The molecule has 0 saturated heterocycles. The standard InChI is InChI=1S/C21H16N4Se/c1-14-7-9-16(10-8-14)21-22-20-18(12-11-17-19(20)24-26-23-17)25(21)13-15-5-3-2-4-6-15/h2-12H,13H2,1H3. The minimum absolute atomic E-state index is 0.0517. The van der Waals surface area contributed by atoms with Crippen molar-refractivity contribution in [3.63, 3.8) is 0 Å². The third-order valence-corrected chi connectivity index (χ3v) is 5.78. The Balaban J connectivity index is 1.78. The van der Waals surface area contributed by atoms with Gasteiger partial charge in [-0.15, -0.1) is 0 Å². The summed E-state index contributed by atoms with van der Waals surface area (Å²) in [5.74, 6) is 0.979. The molecule has 0 aliphatic carbocycles. The summed E-state index contributed by atoms with van der Waals surface area (Å²) in [5, 5.41) is 0. The van der Waals surface area contributed by atoms with Gasteiger partial charge in [-0.25, -0.2) is 0 Å². The maximum atomic E-state index is 5.00. The van der Waals surface area contributed by atoms with Gasteiger partial charge in [-0.1, -0.05) is 0 Å². The molecule has 0 bridgehead atoms. The molecular weight excluding hydrogens is 387 g/mol. The molecule has 0 aliphatic heterocycles. The number of imidazole rings is 1. The summed E-state index contributed by atoms with van der Waals surface area (Å²) >= 11 is -0.0517. The van der Waals surface area contributed by atoms with Crippen LogP contribution in [0.2, 0.25) is 0 Å². The Bertz CT molecular complexity index is 1200. The Kier molecular flexibility index (Phi) is 3.70. The number of hydrogen-bond donors (Lipinski definition) is 0. The van der Waals surface area contributed by atoms with Crippen LogP contribution in [0.5, 0.6) is 0 Å². The number of aryl methyl sites for hydroxylation is 1. The predicted octanol–water partition coefficient (Wildman–Crippen LogP) is 4.06. The molecule has 0 N–H and O–H groups in total. The molecule has 4 nitrogen and oxygen atoms in total. The first-order valence-electron chi connectivity index (χ1n) is 8.52. The van der Waals surface area contributed by atoms with Crippen molar-refractivity contribution in [2.75, 3.05) is 0 Å². The van der Waals surface area contributed by atoms with Crippen molar-refractivity contribution in [2.45, 2.75) is 13.5 Å². The molecule has 0 radical (unpaired) electrons. The SMILES string of the molecule is Cc1ccc(-c2nc3c4n[se]nc4ccc3n2Cc2ccccc2)cc1. The quantitative estimate of drug-likeness (QED) is 0.427. The fourth-order valence-electron chi connectivity index (χ4n) is 3.28. The average Bonchev–Trinajstić information content (AvgIpc) is 3.28. The van der Waals surface area contributed by atoms with E-state index in [1.807, 2.05) is 6.07 Å². The van der Waals surface area contributed by atoms with Crippen LogP contribution in [0.4, 0.5) is 0 Å². The van der Waals surface area contributed by atoms with Crippen LogP contribution in [0.25, 0.3) is 33.5 Å². The van der Waals surface area contributed by atoms with E-state index in [9.17, 15) is 0 Å². The van der Waals surface area contributed by atoms with Gasteiger partial charge in [0.1, 0.15) is 0 Å². The zero-order valence-corrected chi connectivity index (χ0v) is 16.0. The van der Waals surface area contributed by atoms with Gasteiger partial charge in [-0.2, -0.15) is 0 Å². The van der Waals surface area contributed by atoms with Crippen LogP contribution < -0.4 is 0 Å². The molecule has 0 unspecified atom stereocenters. The van der Waals surface area contributed by atoms with Crippen LogP contribution in [0.1, 0.15) is 11.1 Å². The van der Waals surface area contributed by atoms with Gasteiger partial charge in [0, 0.05) is 0 Å². The summed E-state index contributed by atoms with van der Waals surface area (Å²) in [5.41, 5.74) is 7.61. The van der Waals surface area contributed by atoms with Crippen LogP contribution in [0.3, 0.4) is 0 Å². The second kappa shape index (κ2) is 6.20. The minimum atomic E-state index is -0.0517. The Morgan fingerprint density at radius 1 is 0.846 bits per heavy atom. The Morgan fingerprint density at radius 3 is 2.46 bits per heavy atom. The average molecular weight is 403 g/mol. The van der Waals surface area contributed by atoms with E-state index >= 15 is 0 Å². The van der Waals surface area contributed by atoms with E-state index in [0.29, 0.717) is 0 Å². The van der Waals surface area contributed by atoms with Crippen LogP contribution in [0.15, 0.2) is 66.7 Å². The van der Waals surface area contributed by atoms with Crippen LogP contribution >= 0.6 is 0 Å². The Labute approximate surface area is 157 Å². The summed E-state index contributed by atoms with van der Waals surface area (Å²) in [4.78, 5) is 5.00. The summed E-state index contributed by atoms with van der Waals surface area (Å²) in [6.45, 7) is 2.88. The molecule has 2 heterocycles. The van der Waals surface area contributed by atoms with E-state index in [2.05, 4.69) is 80.1 Å². The topological polar surface area (TPSA) is 43.6 Å². The summed E-state index contributed by atoms with van der Waals surface area (Å²) in [6, 6.07) is 23.3. The van der Waals surface area contributed by atoms with E-state index in [0.717, 1.165) is 40.0 Å². The zero-order chi connectivity index (χ0) is 17.5. The van der Waals surface area contributed by atoms with Crippen molar-refractivity contribution in [1.29, 1.82) is 0 Å². The third-order valence-electron chi connectivity index (χ3n) is 4.64. The van der Waals surface area contributed by atoms with Gasteiger partial charge >= 0.3 is 157 Å². The van der Waals surface area contributed by atoms with Crippen LogP contribution in [0, 0.1) is 6.92 Å². The fraction of sp³-hybridized carbons (Fsp3) is 0.0952. The summed E-state index contributed by atoms with van der Waals surface area (Å²) < 4.78 is 11.4. The van der Waals surface area contributed by atoms with Crippen molar-refractivity contribution in [1.82, 2.24) is 17.5 Å². The number of hydrogen-bond acceptors (Lipinski definition) is 3. The molecule has 5 heteroatoms. The van der Waals surface area contributed by atoms with E-state index < -0.39 is 0 Å². The van der Waals surface area contributed by atoms with Gasteiger partial charge in [0.25, 0.3) is 0 Å². The van der Waals surface area contributed by atoms with Gasteiger partial charge in [0.05, 0.1) is 0 Å². The fourth-order valence-corrected chi connectivity index (χ4v) is 4.41. The number of rotatable bonds is 3. The van der Waals surface area contributed by atoms with Crippen molar-refractivity contribution < 1.29 is 0 Å². The third kappa shape index (κ3) is 2.57. The molecule has 3 aromatic carbocycles. The summed E-state index contributed by atoms with van der Waals surface area (Å²) in [6.07, 6.45) is 0. The first kappa shape index (κ1) is 15.5. The second-order valence-electron chi connectivity index (χ2n) is 6.44. The Morgan fingerprint density at radius 2 is 1.65 bits per heavy atom. The molecule has 0 saturated carbocycles. The maximum absolute atomic E-state index is 5.00. The van der Waals surface area contributed by atoms with Crippen molar-refractivity contribution in [3.05, 3.63) is 77.9 Å². The van der Waals surface area contributed by atoms with Gasteiger partial charge in [-0.05, 0) is 0 Å². The molecule has 0 aliphatic rings. The Hall–Kier alpha value is -2.75. The van der Waals surface area contributed by atoms with Crippen LogP contribution in [-0.4, -0.2) is 32.5 Å². The molecule has 126 valence electrons. The normalized spacial score (nSPS) is 11.4. The molecule has 2 aromatic heterocycles. The monoisotopic (exact) mass is 404 g/mol. The molecule has 0 amide bonds. The number of aromatic nitrogens is 4. The molecular formula is C21H16N4Se. The van der Waals surface area contributed by atoms with Crippen molar-refractivity contribution >= 4 is 37.0 Å². The first-order valence-corrected chi connectivity index (χ1v) is 10.1. The van der Waals surface area contributed by atoms with Crippen LogP contribution in [-0.2, 0) is 6.54 Å². The van der Waals surface area contributed by atoms with Crippen molar-refractivity contribution in [2.24, 2.45) is 0 Å². The van der Waals surface area contributed by atoms with Gasteiger partial charge in [-0.3, -0.25) is 0 Å². The number of nitrogens with zero attached hydrogens (tertiary/aromatic N) is 4. The molecule has 5 aromatic rings. The van der Waals surface area contributed by atoms with Gasteiger partial charge < -0.3 is 0 Å². The predicted molar refractivity (Wildman–Crippen MR) is 105 cm³/mol. The van der Waals surface area contributed by atoms with Crippen molar-refractivity contribution in [3.8, 4) is 11.4 Å². The van der Waals surface area contributed by atoms with E-state index in [1.165, 1.54) is 11.1 Å². The summed E-state index contributed by atoms with van der Waals surface area (Å²) in [7, 11) is 0. The molecule has 5 rings (SSSR count). The van der Waals surface area contributed by atoms with E-state index in [1.54, 1.807) is 0 Å². The number of benzene rings is 3. The first-order chi connectivity index (χ1) is 12.8. The van der Waals surface area contributed by atoms with E-state index in [4.69, 9.17) is 4.98 Å². The molecule has 0 atom stereocenters. The molecule has 0 fully saturated rings. The van der Waals surface area contributed by atoms with Gasteiger partial charge in [0.15, 0.2) is 0 Å². The second-order valence-corrected chi connectivity index (χ2v) is 7.55. The number of fused-ring (bicyclic) bond motifs is 3. The molecule has 26 heavy (non-hydrogen) atoms. The van der Waals surface area contributed by atoms with Gasteiger partial charge in [0.2, 0.25) is 0 Å².